The first kappa shape index (κ1) is 19.6. The molecule has 3 heterocycles. The van der Waals surface area contributed by atoms with E-state index in [-0.39, 0.29) is 5.56 Å². The van der Waals surface area contributed by atoms with Crippen LogP contribution >= 0.6 is 0 Å². The molecule has 9 nitrogen and oxygen atoms in total. The van der Waals surface area contributed by atoms with Gasteiger partial charge in [0.1, 0.15) is 17.0 Å². The van der Waals surface area contributed by atoms with E-state index in [1.54, 1.807) is 31.2 Å². The van der Waals surface area contributed by atoms with E-state index < -0.39 is 0 Å². The van der Waals surface area contributed by atoms with Crippen LogP contribution in [0.1, 0.15) is 5.56 Å². The Morgan fingerprint density at radius 3 is 2.69 bits per heavy atom. The normalized spacial score (nSPS) is 11.1. The van der Waals surface area contributed by atoms with Gasteiger partial charge >= 0.3 is 0 Å². The minimum Gasteiger partial charge on any atom is -0.497 e. The molecule has 0 radical (unpaired) electrons. The maximum atomic E-state index is 13.2. The topological polar surface area (TPSA) is 107 Å². The molecule has 2 N–H and O–H groups in total. The first-order valence-corrected chi connectivity index (χ1v) is 9.95. The molecule has 160 valence electrons. The number of anilines is 1. The second-order valence-electron chi connectivity index (χ2n) is 7.09. The fourth-order valence-corrected chi connectivity index (χ4v) is 3.66. The molecule has 0 saturated heterocycles. The number of para-hydroxylation sites is 1. The van der Waals surface area contributed by atoms with Crippen molar-refractivity contribution >= 4 is 27.9 Å². The van der Waals surface area contributed by atoms with Gasteiger partial charge in [0.15, 0.2) is 5.65 Å². The summed E-state index contributed by atoms with van der Waals surface area (Å²) in [5.74, 6) is 1.79. The standard InChI is InChI=1S/C23H20N6O3/c1-31-16-9-8-14(19(10-16)32-2)11-24-23-25-12-17-20-18(13-26-28-20)22(30)29(21(17)27-23)15-6-4-3-5-7-15/h3-10,12-13H,11H2,1-2H3,(H,26,28)(H,24,25,27). The lowest BCUT2D eigenvalue weighted by molar-refractivity contribution is 0.391. The van der Waals surface area contributed by atoms with Crippen molar-refractivity contribution in [3.8, 4) is 17.2 Å². The van der Waals surface area contributed by atoms with E-state index in [2.05, 4.69) is 25.5 Å². The molecule has 0 aliphatic rings. The molecule has 0 fully saturated rings. The Kier molecular flexibility index (Phi) is 4.91. The summed E-state index contributed by atoms with van der Waals surface area (Å²) >= 11 is 0. The summed E-state index contributed by atoms with van der Waals surface area (Å²) in [6.07, 6.45) is 3.27. The Bertz CT molecular complexity index is 1480. The number of nitrogens with one attached hydrogen (secondary N) is 2. The number of hydrogen-bond donors (Lipinski definition) is 2. The SMILES string of the molecule is COc1ccc(CNc2ncc3c4n[nH]cc4c(=O)n(-c4ccccc4)c3n2)c(OC)c1. The molecular weight excluding hydrogens is 408 g/mol. The summed E-state index contributed by atoms with van der Waals surface area (Å²) in [5.41, 5.74) is 2.45. The zero-order chi connectivity index (χ0) is 22.1. The van der Waals surface area contributed by atoms with Crippen LogP contribution in [0.25, 0.3) is 27.6 Å². The molecule has 5 aromatic rings. The van der Waals surface area contributed by atoms with Gasteiger partial charge in [-0.1, -0.05) is 18.2 Å². The van der Waals surface area contributed by atoms with E-state index in [9.17, 15) is 4.79 Å². The summed E-state index contributed by atoms with van der Waals surface area (Å²) in [6.45, 7) is 0.429. The molecule has 9 heteroatoms. The van der Waals surface area contributed by atoms with Crippen LogP contribution in [0, 0.1) is 0 Å². The molecule has 0 aliphatic carbocycles. The molecule has 0 spiro atoms. The summed E-state index contributed by atoms with van der Waals surface area (Å²) in [4.78, 5) is 22.3. The molecular formula is C23H20N6O3. The van der Waals surface area contributed by atoms with Gasteiger partial charge in [-0.3, -0.25) is 14.5 Å². The predicted molar refractivity (Wildman–Crippen MR) is 122 cm³/mol. The lowest BCUT2D eigenvalue weighted by Crippen LogP contribution is -2.20. The van der Waals surface area contributed by atoms with Crippen molar-refractivity contribution in [2.75, 3.05) is 19.5 Å². The van der Waals surface area contributed by atoms with Crippen molar-refractivity contribution in [1.82, 2.24) is 24.7 Å². The average Bonchev–Trinajstić information content (AvgIpc) is 3.34. The Morgan fingerprint density at radius 1 is 1.06 bits per heavy atom. The van der Waals surface area contributed by atoms with E-state index in [1.165, 1.54) is 0 Å². The number of ether oxygens (including phenoxy) is 2. The molecule has 5 rings (SSSR count). The Labute approximate surface area is 182 Å². The highest BCUT2D eigenvalue weighted by atomic mass is 16.5. The molecule has 0 atom stereocenters. The third-order valence-corrected chi connectivity index (χ3v) is 5.26. The summed E-state index contributed by atoms with van der Waals surface area (Å²) in [7, 11) is 3.22. The van der Waals surface area contributed by atoms with E-state index in [1.807, 2.05) is 48.5 Å². The van der Waals surface area contributed by atoms with Crippen molar-refractivity contribution in [2.45, 2.75) is 6.54 Å². The number of nitrogens with zero attached hydrogens (tertiary/aromatic N) is 4. The second-order valence-corrected chi connectivity index (χ2v) is 7.09. The van der Waals surface area contributed by atoms with Crippen molar-refractivity contribution < 1.29 is 9.47 Å². The smallest absolute Gasteiger partial charge is 0.267 e. The van der Waals surface area contributed by atoms with Crippen molar-refractivity contribution in [2.24, 2.45) is 0 Å². The summed E-state index contributed by atoms with van der Waals surface area (Å²) < 4.78 is 12.3. The largest absolute Gasteiger partial charge is 0.497 e. The van der Waals surface area contributed by atoms with Crippen LogP contribution in [-0.2, 0) is 6.54 Å². The molecule has 0 amide bonds. The molecule has 0 unspecified atom stereocenters. The number of pyridine rings is 1. The zero-order valence-corrected chi connectivity index (χ0v) is 17.5. The van der Waals surface area contributed by atoms with Gasteiger partial charge in [-0.05, 0) is 24.3 Å². The molecule has 0 aliphatic heterocycles. The Hall–Kier alpha value is -4.40. The zero-order valence-electron chi connectivity index (χ0n) is 17.5. The van der Waals surface area contributed by atoms with Gasteiger partial charge in [-0.2, -0.15) is 10.1 Å². The number of H-pyrrole nitrogens is 1. The van der Waals surface area contributed by atoms with Gasteiger partial charge in [0.05, 0.1) is 30.7 Å². The minimum absolute atomic E-state index is 0.200. The fraction of sp³-hybridized carbons (Fsp3) is 0.130. The lowest BCUT2D eigenvalue weighted by atomic mass is 10.2. The van der Waals surface area contributed by atoms with E-state index >= 15 is 0 Å². The number of benzene rings is 2. The summed E-state index contributed by atoms with van der Waals surface area (Å²) in [6, 6.07) is 15.0. The highest BCUT2D eigenvalue weighted by Crippen LogP contribution is 2.26. The minimum atomic E-state index is -0.200. The number of methoxy groups -OCH3 is 2. The first-order chi connectivity index (χ1) is 15.7. The molecule has 0 saturated carbocycles. The monoisotopic (exact) mass is 428 g/mol. The van der Waals surface area contributed by atoms with Crippen LogP contribution < -0.4 is 20.3 Å². The highest BCUT2D eigenvalue weighted by Gasteiger charge is 2.16. The average molecular weight is 428 g/mol. The third-order valence-electron chi connectivity index (χ3n) is 5.26. The third kappa shape index (κ3) is 3.29. The fourth-order valence-electron chi connectivity index (χ4n) is 3.66. The predicted octanol–water partition coefficient (Wildman–Crippen LogP) is 3.29. The van der Waals surface area contributed by atoms with Crippen LogP contribution in [0.3, 0.4) is 0 Å². The first-order valence-electron chi connectivity index (χ1n) is 9.95. The van der Waals surface area contributed by atoms with Crippen LogP contribution in [0.4, 0.5) is 5.95 Å². The Morgan fingerprint density at radius 2 is 1.91 bits per heavy atom. The maximum Gasteiger partial charge on any atom is 0.267 e. The second kappa shape index (κ2) is 8.03. The lowest BCUT2D eigenvalue weighted by Gasteiger charge is -2.13. The van der Waals surface area contributed by atoms with Gasteiger partial charge in [0, 0.05) is 30.6 Å². The van der Waals surface area contributed by atoms with Gasteiger partial charge in [-0.25, -0.2) is 4.98 Å². The molecule has 32 heavy (non-hydrogen) atoms. The molecule has 0 bridgehead atoms. The van der Waals surface area contributed by atoms with Gasteiger partial charge < -0.3 is 14.8 Å². The Balaban J connectivity index is 1.59. The number of fused-ring (bicyclic) bond motifs is 3. The van der Waals surface area contributed by atoms with Crippen LogP contribution in [0.15, 0.2) is 65.7 Å². The van der Waals surface area contributed by atoms with Gasteiger partial charge in [-0.15, -0.1) is 0 Å². The van der Waals surface area contributed by atoms with Crippen LogP contribution in [0.2, 0.25) is 0 Å². The van der Waals surface area contributed by atoms with Crippen LogP contribution in [-0.4, -0.2) is 39.0 Å². The van der Waals surface area contributed by atoms with E-state index in [0.29, 0.717) is 51.6 Å². The number of aromatic nitrogens is 5. The van der Waals surface area contributed by atoms with Crippen LogP contribution in [0.5, 0.6) is 11.5 Å². The highest BCUT2D eigenvalue weighted by molar-refractivity contribution is 6.02. The quantitative estimate of drug-likeness (QED) is 0.427. The number of hydrogen-bond acceptors (Lipinski definition) is 7. The van der Waals surface area contributed by atoms with Gasteiger partial charge in [0.2, 0.25) is 5.95 Å². The summed E-state index contributed by atoms with van der Waals surface area (Å²) in [5, 5.41) is 11.4. The van der Waals surface area contributed by atoms with Gasteiger partial charge in [0.25, 0.3) is 5.56 Å². The van der Waals surface area contributed by atoms with E-state index in [4.69, 9.17) is 9.47 Å². The van der Waals surface area contributed by atoms with E-state index in [0.717, 1.165) is 5.56 Å². The number of aromatic amines is 1. The molecule has 2 aromatic carbocycles. The van der Waals surface area contributed by atoms with Crippen molar-refractivity contribution in [3.63, 3.8) is 0 Å². The van der Waals surface area contributed by atoms with Crippen molar-refractivity contribution in [1.29, 1.82) is 0 Å². The van der Waals surface area contributed by atoms with Crippen molar-refractivity contribution in [3.05, 3.63) is 76.8 Å². The maximum absolute atomic E-state index is 13.2. The molecule has 3 aromatic heterocycles. The number of rotatable bonds is 6.